The van der Waals surface area contributed by atoms with Crippen LogP contribution in [-0.4, -0.2) is 10.9 Å². The quantitative estimate of drug-likeness (QED) is 0.861. The summed E-state index contributed by atoms with van der Waals surface area (Å²) in [5.41, 5.74) is 1.15. The highest BCUT2D eigenvalue weighted by Crippen LogP contribution is 2.23. The van der Waals surface area contributed by atoms with Crippen molar-refractivity contribution < 1.29 is 9.18 Å². The third-order valence-electron chi connectivity index (χ3n) is 2.36. The van der Waals surface area contributed by atoms with E-state index in [9.17, 15) is 9.18 Å². The first-order valence-electron chi connectivity index (χ1n) is 5.40. The van der Waals surface area contributed by atoms with Gasteiger partial charge in [-0.2, -0.15) is 0 Å². The first-order chi connectivity index (χ1) is 9.04. The molecule has 2 rings (SSSR count). The minimum Gasteiger partial charge on any atom is -0.323 e. The number of amides is 1. The number of nitrogens with one attached hydrogen (secondary N) is 1. The maximum Gasteiger partial charge on any atom is 0.228 e. The Labute approximate surface area is 122 Å². The molecule has 98 valence electrons. The lowest BCUT2D eigenvalue weighted by molar-refractivity contribution is -0.115. The first-order valence-corrected chi connectivity index (χ1v) is 6.57. The minimum absolute atomic E-state index is 0.142. The molecule has 0 spiro atoms. The van der Waals surface area contributed by atoms with E-state index >= 15 is 0 Å². The summed E-state index contributed by atoms with van der Waals surface area (Å²) in [6.45, 7) is 0. The van der Waals surface area contributed by atoms with E-state index in [1.807, 2.05) is 0 Å². The molecule has 0 radical (unpaired) electrons. The predicted octanol–water partition coefficient (Wildman–Crippen LogP) is 3.82. The molecule has 1 aromatic heterocycles. The number of halogens is 3. The molecular weight excluding hydrogens is 335 g/mol. The molecule has 0 saturated carbocycles. The van der Waals surface area contributed by atoms with E-state index in [0.29, 0.717) is 10.2 Å². The van der Waals surface area contributed by atoms with E-state index in [-0.39, 0.29) is 23.3 Å². The minimum atomic E-state index is -0.330. The van der Waals surface area contributed by atoms with Crippen LogP contribution in [0.4, 0.5) is 10.1 Å². The zero-order valence-electron chi connectivity index (χ0n) is 9.66. The molecule has 0 atom stereocenters. The molecular formula is C13H9BrClFN2O. The number of nitrogens with zero attached hydrogens (tertiary/aromatic N) is 1. The maximum absolute atomic E-state index is 12.7. The van der Waals surface area contributed by atoms with E-state index in [0.717, 1.165) is 5.56 Å². The van der Waals surface area contributed by atoms with Crippen LogP contribution in [0.5, 0.6) is 0 Å². The van der Waals surface area contributed by atoms with Crippen LogP contribution < -0.4 is 5.32 Å². The average molecular weight is 344 g/mol. The van der Waals surface area contributed by atoms with Crippen molar-refractivity contribution in [3.8, 4) is 0 Å². The van der Waals surface area contributed by atoms with Gasteiger partial charge in [0.2, 0.25) is 5.91 Å². The Morgan fingerprint density at radius 2 is 2.05 bits per heavy atom. The van der Waals surface area contributed by atoms with Gasteiger partial charge in [0.25, 0.3) is 0 Å². The number of rotatable bonds is 3. The van der Waals surface area contributed by atoms with Gasteiger partial charge in [-0.1, -0.05) is 23.7 Å². The van der Waals surface area contributed by atoms with Crippen molar-refractivity contribution in [3.63, 3.8) is 0 Å². The second-order valence-electron chi connectivity index (χ2n) is 3.84. The summed E-state index contributed by atoms with van der Waals surface area (Å²) in [6.07, 6.45) is 1.68. The van der Waals surface area contributed by atoms with Crippen LogP contribution in [-0.2, 0) is 11.2 Å². The molecule has 2 aromatic rings. The van der Waals surface area contributed by atoms with Crippen LogP contribution in [0.3, 0.4) is 0 Å². The average Bonchev–Trinajstić information content (AvgIpc) is 2.37. The number of benzene rings is 1. The number of aromatic nitrogens is 1. The normalized spacial score (nSPS) is 10.3. The van der Waals surface area contributed by atoms with Gasteiger partial charge < -0.3 is 5.32 Å². The summed E-state index contributed by atoms with van der Waals surface area (Å²) in [7, 11) is 0. The van der Waals surface area contributed by atoms with Gasteiger partial charge in [0, 0.05) is 10.7 Å². The third kappa shape index (κ3) is 4.01. The zero-order valence-corrected chi connectivity index (χ0v) is 12.0. The summed E-state index contributed by atoms with van der Waals surface area (Å²) in [5.74, 6) is -0.572. The Balaban J connectivity index is 2.05. The van der Waals surface area contributed by atoms with Crippen molar-refractivity contribution in [2.75, 3.05) is 5.32 Å². The Kier molecular flexibility index (Phi) is 4.50. The number of anilines is 1. The van der Waals surface area contributed by atoms with Crippen LogP contribution in [0.2, 0.25) is 5.15 Å². The zero-order chi connectivity index (χ0) is 13.8. The molecule has 1 N–H and O–H groups in total. The fourth-order valence-electron chi connectivity index (χ4n) is 1.49. The maximum atomic E-state index is 12.7. The Morgan fingerprint density at radius 3 is 2.74 bits per heavy atom. The Hall–Kier alpha value is -1.46. The molecule has 0 aliphatic rings. The lowest BCUT2D eigenvalue weighted by Crippen LogP contribution is -2.15. The van der Waals surface area contributed by atoms with Gasteiger partial charge >= 0.3 is 0 Å². The van der Waals surface area contributed by atoms with Gasteiger partial charge in [0.05, 0.1) is 12.1 Å². The molecule has 1 amide bonds. The predicted molar refractivity (Wildman–Crippen MR) is 75.7 cm³/mol. The Bertz CT molecular complexity index is 604. The molecule has 0 saturated heterocycles. The van der Waals surface area contributed by atoms with Crippen LogP contribution in [0, 0.1) is 5.82 Å². The van der Waals surface area contributed by atoms with Crippen LogP contribution in [0.1, 0.15) is 5.56 Å². The highest BCUT2D eigenvalue weighted by molar-refractivity contribution is 9.10. The molecule has 0 fully saturated rings. The van der Waals surface area contributed by atoms with E-state index in [1.165, 1.54) is 18.3 Å². The van der Waals surface area contributed by atoms with Gasteiger partial charge in [0.15, 0.2) is 5.15 Å². The number of carbonyl (C=O) groups is 1. The van der Waals surface area contributed by atoms with Crippen molar-refractivity contribution in [1.29, 1.82) is 0 Å². The second-order valence-corrected chi connectivity index (χ2v) is 5.12. The molecule has 0 unspecified atom stereocenters. The summed E-state index contributed by atoms with van der Waals surface area (Å²) in [5, 5.41) is 2.88. The van der Waals surface area contributed by atoms with E-state index in [1.54, 1.807) is 18.2 Å². The molecule has 0 aliphatic heterocycles. The number of pyridine rings is 1. The molecule has 3 nitrogen and oxygen atoms in total. The van der Waals surface area contributed by atoms with Gasteiger partial charge in [-0.15, -0.1) is 0 Å². The SMILES string of the molecule is O=C(Cc1ccc(F)cc1)Nc1cc(Br)cnc1Cl. The van der Waals surface area contributed by atoms with Crippen LogP contribution in [0.25, 0.3) is 0 Å². The second kappa shape index (κ2) is 6.12. The lowest BCUT2D eigenvalue weighted by atomic mass is 10.1. The molecule has 1 heterocycles. The molecule has 6 heteroatoms. The van der Waals surface area contributed by atoms with Crippen LogP contribution in [0.15, 0.2) is 41.0 Å². The molecule has 0 aliphatic carbocycles. The van der Waals surface area contributed by atoms with E-state index in [4.69, 9.17) is 11.6 Å². The third-order valence-corrected chi connectivity index (χ3v) is 3.09. The first kappa shape index (κ1) is 14.0. The van der Waals surface area contributed by atoms with Crippen molar-refractivity contribution in [2.45, 2.75) is 6.42 Å². The van der Waals surface area contributed by atoms with Crippen molar-refractivity contribution in [3.05, 3.63) is 57.5 Å². The van der Waals surface area contributed by atoms with Gasteiger partial charge in [-0.25, -0.2) is 9.37 Å². The fraction of sp³-hybridized carbons (Fsp3) is 0.0769. The highest BCUT2D eigenvalue weighted by Gasteiger charge is 2.08. The van der Waals surface area contributed by atoms with Crippen molar-refractivity contribution in [2.24, 2.45) is 0 Å². The van der Waals surface area contributed by atoms with Crippen molar-refractivity contribution in [1.82, 2.24) is 4.98 Å². The highest BCUT2D eigenvalue weighted by atomic mass is 79.9. The van der Waals surface area contributed by atoms with Crippen LogP contribution >= 0.6 is 27.5 Å². The molecule has 19 heavy (non-hydrogen) atoms. The van der Waals surface area contributed by atoms with E-state index < -0.39 is 0 Å². The largest absolute Gasteiger partial charge is 0.323 e. The van der Waals surface area contributed by atoms with Crippen molar-refractivity contribution >= 4 is 39.1 Å². The topological polar surface area (TPSA) is 42.0 Å². The summed E-state index contributed by atoms with van der Waals surface area (Å²) in [6, 6.07) is 7.43. The number of hydrogen-bond acceptors (Lipinski definition) is 2. The smallest absolute Gasteiger partial charge is 0.228 e. The number of hydrogen-bond donors (Lipinski definition) is 1. The Morgan fingerprint density at radius 1 is 1.37 bits per heavy atom. The monoisotopic (exact) mass is 342 g/mol. The van der Waals surface area contributed by atoms with Gasteiger partial charge in [0.1, 0.15) is 5.82 Å². The van der Waals surface area contributed by atoms with Gasteiger partial charge in [-0.3, -0.25) is 4.79 Å². The van der Waals surface area contributed by atoms with E-state index in [2.05, 4.69) is 26.2 Å². The summed E-state index contributed by atoms with van der Waals surface area (Å²) in [4.78, 5) is 15.7. The summed E-state index contributed by atoms with van der Waals surface area (Å²) >= 11 is 9.11. The molecule has 1 aromatic carbocycles. The standard InChI is InChI=1S/C13H9BrClFN2O/c14-9-6-11(13(15)17-7-9)18-12(19)5-8-1-3-10(16)4-2-8/h1-4,6-7H,5H2,(H,18,19). The van der Waals surface area contributed by atoms with Gasteiger partial charge in [-0.05, 0) is 39.7 Å². The lowest BCUT2D eigenvalue weighted by Gasteiger charge is -2.07. The number of carbonyl (C=O) groups excluding carboxylic acids is 1. The molecule has 0 bridgehead atoms. The fourth-order valence-corrected chi connectivity index (χ4v) is 1.97. The summed E-state index contributed by atoms with van der Waals surface area (Å²) < 4.78 is 13.5.